The molecule has 0 aromatic heterocycles. The van der Waals surface area contributed by atoms with Gasteiger partial charge >= 0.3 is 0 Å². The summed E-state index contributed by atoms with van der Waals surface area (Å²) in [7, 11) is 0. The van der Waals surface area contributed by atoms with Crippen molar-refractivity contribution in [3.63, 3.8) is 0 Å². The number of anilines is 1. The second kappa shape index (κ2) is 7.23. The second-order valence-electron chi connectivity index (χ2n) is 7.52. The maximum Gasteiger partial charge on any atom is 0.261 e. The fourth-order valence-corrected chi connectivity index (χ4v) is 4.15. The average Bonchev–Trinajstić information content (AvgIpc) is 2.95. The van der Waals surface area contributed by atoms with Gasteiger partial charge in [0.15, 0.2) is 0 Å². The third-order valence-corrected chi connectivity index (χ3v) is 5.62. The smallest absolute Gasteiger partial charge is 0.261 e. The summed E-state index contributed by atoms with van der Waals surface area (Å²) in [6.07, 6.45) is 3.56. The van der Waals surface area contributed by atoms with Crippen molar-refractivity contribution in [2.24, 2.45) is 0 Å². The summed E-state index contributed by atoms with van der Waals surface area (Å²) in [5, 5.41) is 0. The lowest BCUT2D eigenvalue weighted by Gasteiger charge is -2.31. The Labute approximate surface area is 164 Å². The van der Waals surface area contributed by atoms with Crippen molar-refractivity contribution in [3.05, 3.63) is 64.2 Å². The van der Waals surface area contributed by atoms with Gasteiger partial charge in [-0.2, -0.15) is 0 Å². The van der Waals surface area contributed by atoms with Crippen LogP contribution in [0.15, 0.2) is 36.4 Å². The van der Waals surface area contributed by atoms with Crippen LogP contribution in [0.2, 0.25) is 0 Å². The minimum Gasteiger partial charge on any atom is -0.308 e. The number of imide groups is 1. The molecule has 0 atom stereocenters. The molecule has 28 heavy (non-hydrogen) atoms. The minimum atomic E-state index is -0.293. The van der Waals surface area contributed by atoms with Gasteiger partial charge in [0.25, 0.3) is 17.7 Å². The van der Waals surface area contributed by atoms with Crippen molar-refractivity contribution in [1.82, 2.24) is 4.90 Å². The van der Waals surface area contributed by atoms with Gasteiger partial charge in [-0.1, -0.05) is 31.5 Å². The van der Waals surface area contributed by atoms with Crippen LogP contribution in [0.5, 0.6) is 0 Å². The van der Waals surface area contributed by atoms with E-state index in [-0.39, 0.29) is 17.7 Å². The molecule has 0 saturated carbocycles. The SMILES string of the molecule is CCCCN1C(=O)c2ccc(C(=O)N3CCCc4cccc(C)c43)cc2C1=O. The third-order valence-electron chi connectivity index (χ3n) is 5.62. The van der Waals surface area contributed by atoms with Gasteiger partial charge in [0.1, 0.15) is 0 Å². The molecule has 2 aromatic rings. The zero-order chi connectivity index (χ0) is 19.8. The Morgan fingerprint density at radius 1 is 1.07 bits per heavy atom. The Hall–Kier alpha value is -2.95. The lowest BCUT2D eigenvalue weighted by Crippen LogP contribution is -2.36. The van der Waals surface area contributed by atoms with E-state index in [2.05, 4.69) is 6.07 Å². The number of rotatable bonds is 4. The third kappa shape index (κ3) is 2.91. The van der Waals surface area contributed by atoms with Crippen molar-refractivity contribution >= 4 is 23.4 Å². The predicted molar refractivity (Wildman–Crippen MR) is 108 cm³/mol. The molecule has 0 radical (unpaired) electrons. The van der Waals surface area contributed by atoms with E-state index in [4.69, 9.17) is 0 Å². The molecule has 2 heterocycles. The van der Waals surface area contributed by atoms with Gasteiger partial charge in [-0.25, -0.2) is 0 Å². The van der Waals surface area contributed by atoms with Crippen molar-refractivity contribution < 1.29 is 14.4 Å². The highest BCUT2D eigenvalue weighted by atomic mass is 16.2. The van der Waals surface area contributed by atoms with E-state index >= 15 is 0 Å². The molecular weight excluding hydrogens is 352 g/mol. The number of benzene rings is 2. The molecule has 2 aliphatic heterocycles. The lowest BCUT2D eigenvalue weighted by atomic mass is 9.97. The van der Waals surface area contributed by atoms with E-state index in [1.807, 2.05) is 30.9 Å². The number of hydrogen-bond acceptors (Lipinski definition) is 3. The van der Waals surface area contributed by atoms with Gasteiger partial charge in [-0.3, -0.25) is 19.3 Å². The van der Waals surface area contributed by atoms with Gasteiger partial charge in [-0.05, 0) is 55.5 Å². The molecule has 0 saturated heterocycles. The molecule has 144 valence electrons. The maximum absolute atomic E-state index is 13.3. The quantitative estimate of drug-likeness (QED) is 0.759. The molecule has 4 rings (SSSR count). The number of unbranched alkanes of at least 4 members (excludes halogenated alkanes) is 1. The summed E-state index contributed by atoms with van der Waals surface area (Å²) >= 11 is 0. The summed E-state index contributed by atoms with van der Waals surface area (Å²) in [5.41, 5.74) is 4.42. The monoisotopic (exact) mass is 376 g/mol. The van der Waals surface area contributed by atoms with Gasteiger partial charge in [0, 0.05) is 18.7 Å². The van der Waals surface area contributed by atoms with Crippen molar-refractivity contribution in [3.8, 4) is 0 Å². The predicted octanol–water partition coefficient (Wildman–Crippen LogP) is 3.98. The Balaban J connectivity index is 1.67. The number of fused-ring (bicyclic) bond motifs is 2. The molecule has 0 spiro atoms. The fraction of sp³-hybridized carbons (Fsp3) is 0.348. The molecule has 5 nitrogen and oxygen atoms in total. The van der Waals surface area contributed by atoms with Crippen LogP contribution >= 0.6 is 0 Å². The Bertz CT molecular complexity index is 980. The first kappa shape index (κ1) is 18.4. The van der Waals surface area contributed by atoms with Crippen LogP contribution in [0, 0.1) is 6.92 Å². The van der Waals surface area contributed by atoms with Crippen molar-refractivity contribution in [2.45, 2.75) is 39.5 Å². The number of nitrogens with zero attached hydrogens (tertiary/aromatic N) is 2. The summed E-state index contributed by atoms with van der Waals surface area (Å²) < 4.78 is 0. The summed E-state index contributed by atoms with van der Waals surface area (Å²) in [5.74, 6) is -0.671. The Morgan fingerprint density at radius 3 is 2.64 bits per heavy atom. The molecule has 2 aromatic carbocycles. The first-order valence-corrected chi connectivity index (χ1v) is 9.93. The molecule has 5 heteroatoms. The molecular formula is C23H24N2O3. The van der Waals surface area contributed by atoms with E-state index in [1.54, 1.807) is 18.2 Å². The summed E-state index contributed by atoms with van der Waals surface area (Å²) in [6, 6.07) is 11.0. The number of carbonyl (C=O) groups is 3. The van der Waals surface area contributed by atoms with E-state index in [0.717, 1.165) is 36.9 Å². The average molecular weight is 376 g/mol. The number of hydrogen-bond donors (Lipinski definition) is 0. The van der Waals surface area contributed by atoms with Crippen molar-refractivity contribution in [1.29, 1.82) is 0 Å². The maximum atomic E-state index is 13.3. The van der Waals surface area contributed by atoms with Gasteiger partial charge in [0.2, 0.25) is 0 Å². The van der Waals surface area contributed by atoms with Crippen LogP contribution in [0.3, 0.4) is 0 Å². The molecule has 0 N–H and O–H groups in total. The topological polar surface area (TPSA) is 57.7 Å². The molecule has 0 aliphatic carbocycles. The van der Waals surface area contributed by atoms with E-state index < -0.39 is 0 Å². The first-order valence-electron chi connectivity index (χ1n) is 9.93. The highest BCUT2D eigenvalue weighted by Crippen LogP contribution is 2.32. The second-order valence-corrected chi connectivity index (χ2v) is 7.52. The van der Waals surface area contributed by atoms with E-state index in [1.165, 1.54) is 10.5 Å². The van der Waals surface area contributed by atoms with Crippen LogP contribution in [0.4, 0.5) is 5.69 Å². The number of amides is 3. The minimum absolute atomic E-state index is 0.120. The van der Waals surface area contributed by atoms with E-state index in [0.29, 0.717) is 29.8 Å². The number of aryl methyl sites for hydroxylation is 2. The van der Waals surface area contributed by atoms with E-state index in [9.17, 15) is 14.4 Å². The van der Waals surface area contributed by atoms with Crippen LogP contribution in [-0.2, 0) is 6.42 Å². The van der Waals surface area contributed by atoms with Gasteiger partial charge in [-0.15, -0.1) is 0 Å². The largest absolute Gasteiger partial charge is 0.308 e. The standard InChI is InChI=1S/C23H24N2O3/c1-3-4-12-25-22(27)18-11-10-17(14-19(18)23(25)28)21(26)24-13-6-9-16-8-5-7-15(2)20(16)24/h5,7-8,10-11,14H,3-4,6,9,12-13H2,1-2H3. The Kier molecular flexibility index (Phi) is 4.75. The number of para-hydroxylation sites is 1. The Morgan fingerprint density at radius 2 is 1.86 bits per heavy atom. The summed E-state index contributed by atoms with van der Waals surface area (Å²) in [6.45, 7) is 5.11. The normalized spacial score (nSPS) is 15.6. The summed E-state index contributed by atoms with van der Waals surface area (Å²) in [4.78, 5) is 41.6. The highest BCUT2D eigenvalue weighted by Gasteiger charge is 2.36. The number of carbonyl (C=O) groups excluding carboxylic acids is 3. The van der Waals surface area contributed by atoms with Crippen LogP contribution in [0.1, 0.15) is 68.4 Å². The first-order chi connectivity index (χ1) is 13.5. The molecule has 0 bridgehead atoms. The van der Waals surface area contributed by atoms with Gasteiger partial charge < -0.3 is 4.90 Å². The molecule has 3 amide bonds. The van der Waals surface area contributed by atoms with Crippen LogP contribution in [0.25, 0.3) is 0 Å². The zero-order valence-electron chi connectivity index (χ0n) is 16.3. The van der Waals surface area contributed by atoms with Crippen LogP contribution < -0.4 is 4.90 Å². The highest BCUT2D eigenvalue weighted by molar-refractivity contribution is 6.22. The van der Waals surface area contributed by atoms with Crippen LogP contribution in [-0.4, -0.2) is 35.7 Å². The van der Waals surface area contributed by atoms with Gasteiger partial charge in [0.05, 0.1) is 16.8 Å². The molecule has 0 unspecified atom stereocenters. The zero-order valence-corrected chi connectivity index (χ0v) is 16.3. The fourth-order valence-electron chi connectivity index (χ4n) is 4.15. The molecule has 0 fully saturated rings. The molecule has 2 aliphatic rings. The lowest BCUT2D eigenvalue weighted by molar-refractivity contribution is 0.0652. The van der Waals surface area contributed by atoms with Crippen molar-refractivity contribution in [2.75, 3.05) is 18.0 Å².